The van der Waals surface area contributed by atoms with E-state index >= 15 is 0 Å². The standard InChI is InChI=1S/C47H74O11/c1-3-5-7-9-11-13-15-17-18-19-20-21-22-24-26-28-30-32-34-36-41(49)57-39(38-56-47-44(52)42(50)43(51)45(58-47)46(53)54)37-55-40(48)35-33-31-29-27-25-23-16-14-12-10-8-6-4-2/h6,8,11-14,17-18,20-21,23,25,29,31,39,42-45,47,50-52H,3-5,7,9-10,15-16,19,22,24,26-28,30,32-38H2,1-2H3,(H,53,54)/b8-6-,13-11-,14-12-,18-17-,21-20-,25-23-,31-29-. The maximum absolute atomic E-state index is 12.8. The molecule has 1 rings (SSSR count). The third-order valence-corrected chi connectivity index (χ3v) is 9.24. The summed E-state index contributed by atoms with van der Waals surface area (Å²) < 4.78 is 21.6. The molecule has 328 valence electrons. The fraction of sp³-hybridized carbons (Fsp3) is 0.638. The van der Waals surface area contributed by atoms with Crippen LogP contribution in [0.15, 0.2) is 85.1 Å². The Balaban J connectivity index is 2.44. The van der Waals surface area contributed by atoms with Gasteiger partial charge in [0.25, 0.3) is 0 Å². The molecule has 1 fully saturated rings. The van der Waals surface area contributed by atoms with Crippen LogP contribution in [0.5, 0.6) is 0 Å². The molecule has 0 saturated carbocycles. The summed E-state index contributed by atoms with van der Waals surface area (Å²) in [7, 11) is 0. The zero-order chi connectivity index (χ0) is 42.5. The highest BCUT2D eigenvalue weighted by Crippen LogP contribution is 2.23. The number of carboxylic acids is 1. The Bertz CT molecular complexity index is 1280. The van der Waals surface area contributed by atoms with E-state index in [-0.39, 0.29) is 19.4 Å². The van der Waals surface area contributed by atoms with E-state index in [1.807, 2.05) is 12.2 Å². The first-order valence-electron chi connectivity index (χ1n) is 21.6. The molecule has 0 aromatic heterocycles. The van der Waals surface area contributed by atoms with Crippen LogP contribution in [0.1, 0.15) is 142 Å². The van der Waals surface area contributed by atoms with E-state index in [0.717, 1.165) is 77.0 Å². The Morgan fingerprint density at radius 3 is 1.60 bits per heavy atom. The first-order chi connectivity index (χ1) is 28.2. The van der Waals surface area contributed by atoms with Gasteiger partial charge in [-0.2, -0.15) is 0 Å². The molecule has 0 aromatic rings. The molecule has 0 bridgehead atoms. The molecule has 11 heteroatoms. The molecule has 0 aliphatic carbocycles. The lowest BCUT2D eigenvalue weighted by molar-refractivity contribution is -0.298. The van der Waals surface area contributed by atoms with E-state index in [1.165, 1.54) is 25.7 Å². The first-order valence-corrected chi connectivity index (χ1v) is 21.6. The third kappa shape index (κ3) is 27.9. The quantitative estimate of drug-likeness (QED) is 0.0278. The maximum Gasteiger partial charge on any atom is 0.335 e. The third-order valence-electron chi connectivity index (χ3n) is 9.24. The number of carboxylic acid groups (broad SMARTS) is 1. The van der Waals surface area contributed by atoms with Crippen LogP contribution in [0.25, 0.3) is 0 Å². The molecule has 1 heterocycles. The number of aliphatic carboxylic acids is 1. The number of hydrogen-bond donors (Lipinski definition) is 4. The number of esters is 2. The molecule has 0 amide bonds. The van der Waals surface area contributed by atoms with Gasteiger partial charge in [-0.25, -0.2) is 4.79 Å². The summed E-state index contributed by atoms with van der Waals surface area (Å²) in [6.45, 7) is 3.57. The van der Waals surface area contributed by atoms with Crippen LogP contribution in [0, 0.1) is 0 Å². The highest BCUT2D eigenvalue weighted by atomic mass is 16.7. The van der Waals surface area contributed by atoms with Gasteiger partial charge >= 0.3 is 17.9 Å². The average molecular weight is 815 g/mol. The van der Waals surface area contributed by atoms with E-state index < -0.39 is 61.3 Å². The molecule has 6 unspecified atom stereocenters. The van der Waals surface area contributed by atoms with Crippen LogP contribution in [-0.2, 0) is 33.3 Å². The predicted octanol–water partition coefficient (Wildman–Crippen LogP) is 9.09. The van der Waals surface area contributed by atoms with Gasteiger partial charge in [0.1, 0.15) is 24.9 Å². The molecule has 11 nitrogen and oxygen atoms in total. The van der Waals surface area contributed by atoms with E-state index in [4.69, 9.17) is 18.9 Å². The summed E-state index contributed by atoms with van der Waals surface area (Å²) in [5.74, 6) is -2.58. The first kappa shape index (κ1) is 52.4. The minimum atomic E-state index is -1.88. The van der Waals surface area contributed by atoms with E-state index in [2.05, 4.69) is 86.8 Å². The zero-order valence-electron chi connectivity index (χ0n) is 35.2. The summed E-state index contributed by atoms with van der Waals surface area (Å²) in [5, 5.41) is 39.8. The van der Waals surface area contributed by atoms with Crippen molar-refractivity contribution >= 4 is 17.9 Å². The fourth-order valence-electron chi connectivity index (χ4n) is 5.84. The van der Waals surface area contributed by atoms with Crippen LogP contribution >= 0.6 is 0 Å². The molecule has 0 radical (unpaired) electrons. The van der Waals surface area contributed by atoms with Crippen LogP contribution < -0.4 is 0 Å². The van der Waals surface area contributed by atoms with Crippen molar-refractivity contribution in [1.82, 2.24) is 0 Å². The maximum atomic E-state index is 12.8. The van der Waals surface area contributed by atoms with Crippen LogP contribution in [-0.4, -0.2) is 88.4 Å². The Labute approximate surface area is 348 Å². The van der Waals surface area contributed by atoms with Crippen molar-refractivity contribution in [2.45, 2.75) is 179 Å². The number of rotatable bonds is 34. The number of allylic oxidation sites excluding steroid dienone is 14. The number of ether oxygens (including phenoxy) is 4. The molecule has 6 atom stereocenters. The fourth-order valence-corrected chi connectivity index (χ4v) is 5.84. The van der Waals surface area contributed by atoms with Crippen molar-refractivity contribution in [2.75, 3.05) is 13.2 Å². The minimum absolute atomic E-state index is 0.107. The summed E-state index contributed by atoms with van der Waals surface area (Å²) in [6.07, 6.45) is 37.9. The summed E-state index contributed by atoms with van der Waals surface area (Å²) in [6, 6.07) is 0. The zero-order valence-corrected chi connectivity index (χ0v) is 35.2. The van der Waals surface area contributed by atoms with Crippen molar-refractivity contribution < 1.29 is 53.8 Å². The second kappa shape index (κ2) is 36.5. The molecule has 1 aliphatic rings. The molecular formula is C47H74O11. The van der Waals surface area contributed by atoms with Crippen molar-refractivity contribution in [2.24, 2.45) is 0 Å². The van der Waals surface area contributed by atoms with E-state index in [0.29, 0.717) is 12.8 Å². The van der Waals surface area contributed by atoms with Gasteiger partial charge in [-0.1, -0.05) is 137 Å². The van der Waals surface area contributed by atoms with E-state index in [1.54, 1.807) is 0 Å². The Kier molecular flexibility index (Phi) is 33.0. The van der Waals surface area contributed by atoms with Crippen LogP contribution in [0.2, 0.25) is 0 Å². The van der Waals surface area contributed by atoms with Gasteiger partial charge in [0.05, 0.1) is 6.61 Å². The molecule has 0 spiro atoms. The Hall–Kier alpha value is -3.61. The Morgan fingerprint density at radius 2 is 1.05 bits per heavy atom. The van der Waals surface area contributed by atoms with Gasteiger partial charge in [-0.15, -0.1) is 0 Å². The number of carbonyl (C=O) groups is 3. The lowest BCUT2D eigenvalue weighted by atomic mass is 9.99. The monoisotopic (exact) mass is 815 g/mol. The minimum Gasteiger partial charge on any atom is -0.479 e. The summed E-state index contributed by atoms with van der Waals surface area (Å²) in [5.41, 5.74) is 0. The van der Waals surface area contributed by atoms with Crippen molar-refractivity contribution in [3.63, 3.8) is 0 Å². The van der Waals surface area contributed by atoms with Crippen molar-refractivity contribution in [3.8, 4) is 0 Å². The van der Waals surface area contributed by atoms with Crippen molar-refractivity contribution in [3.05, 3.63) is 85.1 Å². The number of hydrogen-bond acceptors (Lipinski definition) is 10. The molecule has 0 aromatic carbocycles. The van der Waals surface area contributed by atoms with Gasteiger partial charge in [0.15, 0.2) is 18.5 Å². The second-order valence-corrected chi connectivity index (χ2v) is 14.4. The highest BCUT2D eigenvalue weighted by molar-refractivity contribution is 5.73. The highest BCUT2D eigenvalue weighted by Gasteiger charge is 2.47. The molecular weight excluding hydrogens is 741 g/mol. The Morgan fingerprint density at radius 1 is 0.552 bits per heavy atom. The van der Waals surface area contributed by atoms with Gasteiger partial charge in [-0.05, 0) is 77.0 Å². The van der Waals surface area contributed by atoms with E-state index in [9.17, 15) is 34.8 Å². The van der Waals surface area contributed by atoms with Crippen LogP contribution in [0.3, 0.4) is 0 Å². The average Bonchev–Trinajstić information content (AvgIpc) is 3.21. The number of carbonyl (C=O) groups excluding carboxylic acids is 2. The predicted molar refractivity (Wildman–Crippen MR) is 229 cm³/mol. The molecule has 58 heavy (non-hydrogen) atoms. The summed E-state index contributed by atoms with van der Waals surface area (Å²) in [4.78, 5) is 36.7. The molecule has 4 N–H and O–H groups in total. The smallest absolute Gasteiger partial charge is 0.335 e. The lowest BCUT2D eigenvalue weighted by Gasteiger charge is -2.38. The SMILES string of the molecule is CC/C=C\C/C=C\C/C=C\C/C=C\CCC(=O)OCC(COC1OC(C(=O)O)C(O)C(O)C1O)OC(=O)CCCCCCCC/C=C\C/C=C\C/C=C\CCCCC. The van der Waals surface area contributed by atoms with Gasteiger partial charge in [0, 0.05) is 12.8 Å². The lowest BCUT2D eigenvalue weighted by Crippen LogP contribution is -2.60. The molecule has 1 aliphatic heterocycles. The van der Waals surface area contributed by atoms with Crippen molar-refractivity contribution in [1.29, 1.82) is 0 Å². The number of unbranched alkanes of at least 4 members (excludes halogenated alkanes) is 9. The number of aliphatic hydroxyl groups is 3. The summed E-state index contributed by atoms with van der Waals surface area (Å²) >= 11 is 0. The van der Waals surface area contributed by atoms with Gasteiger partial charge in [-0.3, -0.25) is 9.59 Å². The molecule has 1 saturated heterocycles. The van der Waals surface area contributed by atoms with Gasteiger partial charge in [0.2, 0.25) is 0 Å². The normalized spacial score (nSPS) is 20.9. The number of aliphatic hydroxyl groups excluding tert-OH is 3. The van der Waals surface area contributed by atoms with Crippen LogP contribution in [0.4, 0.5) is 0 Å². The largest absolute Gasteiger partial charge is 0.479 e. The second-order valence-electron chi connectivity index (χ2n) is 14.4. The topological polar surface area (TPSA) is 169 Å². The van der Waals surface area contributed by atoms with Gasteiger partial charge < -0.3 is 39.4 Å².